The van der Waals surface area contributed by atoms with Gasteiger partial charge < -0.3 is 0 Å². The molecule has 1 nitrogen and oxygen atoms in total. The predicted octanol–water partition coefficient (Wildman–Crippen LogP) is 2.99. The van der Waals surface area contributed by atoms with Crippen LogP contribution in [0.2, 0.25) is 0 Å². The van der Waals surface area contributed by atoms with E-state index in [9.17, 15) is 4.79 Å². The van der Waals surface area contributed by atoms with Crippen molar-refractivity contribution in [3.8, 4) is 0 Å². The minimum absolute atomic E-state index is 0.205. The molecule has 0 rings (SSSR count). The average molecular weight is 188 g/mol. The summed E-state index contributed by atoms with van der Waals surface area (Å²) in [5.41, 5.74) is 0. The highest BCUT2D eigenvalue weighted by atomic mass is 32.2. The summed E-state index contributed by atoms with van der Waals surface area (Å²) in [7, 11) is 0. The van der Waals surface area contributed by atoms with E-state index in [0.29, 0.717) is 11.7 Å². The maximum atomic E-state index is 11.6. The summed E-state index contributed by atoms with van der Waals surface area (Å²) < 4.78 is 0. The monoisotopic (exact) mass is 188 g/mol. The van der Waals surface area contributed by atoms with Crippen LogP contribution in [-0.2, 0) is 4.79 Å². The zero-order valence-electron chi connectivity index (χ0n) is 8.59. The minimum Gasteiger partial charge on any atom is -0.299 e. The van der Waals surface area contributed by atoms with Gasteiger partial charge in [-0.2, -0.15) is 11.8 Å². The van der Waals surface area contributed by atoms with Gasteiger partial charge in [-0.3, -0.25) is 4.79 Å². The number of rotatable bonds is 6. The molecule has 0 N–H and O–H groups in total. The molecule has 0 aromatic heterocycles. The second-order valence-corrected chi connectivity index (χ2v) is 4.43. The molecule has 0 aromatic rings. The third kappa shape index (κ3) is 4.15. The molecular formula is C10H20OS. The van der Waals surface area contributed by atoms with Crippen LogP contribution in [0.3, 0.4) is 0 Å². The standard InChI is InChI=1S/C10H20OS/c1-5-9(6-7-12-4)10(11)8(2)3/h8-9H,5-7H2,1-4H3. The molecule has 0 amide bonds. The Hall–Kier alpha value is 0.0200. The molecule has 72 valence electrons. The van der Waals surface area contributed by atoms with E-state index >= 15 is 0 Å². The van der Waals surface area contributed by atoms with E-state index in [-0.39, 0.29) is 5.92 Å². The fraction of sp³-hybridized carbons (Fsp3) is 0.900. The van der Waals surface area contributed by atoms with Crippen molar-refractivity contribution in [3.05, 3.63) is 0 Å². The highest BCUT2D eigenvalue weighted by Gasteiger charge is 2.18. The van der Waals surface area contributed by atoms with Crippen molar-refractivity contribution in [2.75, 3.05) is 12.0 Å². The fourth-order valence-corrected chi connectivity index (χ4v) is 1.80. The van der Waals surface area contributed by atoms with Gasteiger partial charge in [0.1, 0.15) is 5.78 Å². The zero-order valence-corrected chi connectivity index (χ0v) is 9.41. The first-order valence-electron chi connectivity index (χ1n) is 4.66. The summed E-state index contributed by atoms with van der Waals surface area (Å²) in [4.78, 5) is 11.6. The summed E-state index contributed by atoms with van der Waals surface area (Å²) in [6, 6.07) is 0. The van der Waals surface area contributed by atoms with Gasteiger partial charge in [0.2, 0.25) is 0 Å². The van der Waals surface area contributed by atoms with Crippen molar-refractivity contribution in [2.24, 2.45) is 11.8 Å². The summed E-state index contributed by atoms with van der Waals surface area (Å²) in [6.45, 7) is 6.08. The van der Waals surface area contributed by atoms with Gasteiger partial charge in [-0.15, -0.1) is 0 Å². The Balaban J connectivity index is 3.88. The first kappa shape index (κ1) is 12.0. The van der Waals surface area contributed by atoms with Gasteiger partial charge in [0.25, 0.3) is 0 Å². The normalized spacial score (nSPS) is 13.4. The Labute approximate surface area is 80.3 Å². The van der Waals surface area contributed by atoms with E-state index in [2.05, 4.69) is 13.2 Å². The second kappa shape index (κ2) is 6.53. The lowest BCUT2D eigenvalue weighted by molar-refractivity contribution is -0.125. The van der Waals surface area contributed by atoms with Gasteiger partial charge in [-0.25, -0.2) is 0 Å². The molecule has 0 bridgehead atoms. The van der Waals surface area contributed by atoms with E-state index in [4.69, 9.17) is 0 Å². The number of thioether (sulfide) groups is 1. The van der Waals surface area contributed by atoms with Crippen LogP contribution in [0.15, 0.2) is 0 Å². The zero-order chi connectivity index (χ0) is 9.56. The molecule has 0 aliphatic carbocycles. The van der Waals surface area contributed by atoms with Gasteiger partial charge in [-0.1, -0.05) is 20.8 Å². The van der Waals surface area contributed by atoms with Crippen LogP contribution in [0.5, 0.6) is 0 Å². The third-order valence-electron chi connectivity index (χ3n) is 2.13. The Morgan fingerprint density at radius 1 is 1.42 bits per heavy atom. The topological polar surface area (TPSA) is 17.1 Å². The third-order valence-corrected chi connectivity index (χ3v) is 2.78. The van der Waals surface area contributed by atoms with Gasteiger partial charge >= 0.3 is 0 Å². The van der Waals surface area contributed by atoms with Crippen molar-refractivity contribution in [3.63, 3.8) is 0 Å². The lowest BCUT2D eigenvalue weighted by atomic mass is 9.91. The smallest absolute Gasteiger partial charge is 0.138 e. The number of hydrogen-bond acceptors (Lipinski definition) is 2. The lowest BCUT2D eigenvalue weighted by Gasteiger charge is -2.14. The van der Waals surface area contributed by atoms with Crippen LogP contribution in [0.4, 0.5) is 0 Å². The molecule has 0 radical (unpaired) electrons. The van der Waals surface area contributed by atoms with E-state index in [1.54, 1.807) is 0 Å². The number of hydrogen-bond donors (Lipinski definition) is 0. The van der Waals surface area contributed by atoms with Crippen LogP contribution >= 0.6 is 11.8 Å². The van der Waals surface area contributed by atoms with E-state index in [0.717, 1.165) is 18.6 Å². The van der Waals surface area contributed by atoms with Gasteiger partial charge in [0, 0.05) is 11.8 Å². The fourth-order valence-electron chi connectivity index (χ4n) is 1.28. The van der Waals surface area contributed by atoms with Crippen molar-refractivity contribution < 1.29 is 4.79 Å². The summed E-state index contributed by atoms with van der Waals surface area (Å²) in [5, 5.41) is 0. The summed E-state index contributed by atoms with van der Waals surface area (Å²) in [6.07, 6.45) is 4.14. The highest BCUT2D eigenvalue weighted by Crippen LogP contribution is 2.16. The average Bonchev–Trinajstić information content (AvgIpc) is 2.05. The maximum absolute atomic E-state index is 11.6. The van der Waals surface area contributed by atoms with Gasteiger partial charge in [-0.05, 0) is 24.9 Å². The minimum atomic E-state index is 0.205. The number of Topliss-reactive ketones (excluding diaryl/α,β-unsaturated/α-hetero) is 1. The van der Waals surface area contributed by atoms with Crippen LogP contribution in [-0.4, -0.2) is 17.8 Å². The molecule has 0 aromatic carbocycles. The first-order valence-corrected chi connectivity index (χ1v) is 6.05. The van der Waals surface area contributed by atoms with Crippen molar-refractivity contribution in [1.82, 2.24) is 0 Å². The Bertz CT molecular complexity index is 132. The Morgan fingerprint density at radius 2 is 2.00 bits per heavy atom. The maximum Gasteiger partial charge on any atom is 0.138 e. The van der Waals surface area contributed by atoms with Crippen LogP contribution in [0.1, 0.15) is 33.6 Å². The first-order chi connectivity index (χ1) is 5.63. The SMILES string of the molecule is CCC(CCSC)C(=O)C(C)C. The summed E-state index contributed by atoms with van der Waals surface area (Å²) in [5.74, 6) is 2.05. The van der Waals surface area contributed by atoms with Gasteiger partial charge in [0.15, 0.2) is 0 Å². The predicted molar refractivity (Wildman–Crippen MR) is 56.6 cm³/mol. The van der Waals surface area contributed by atoms with Crippen molar-refractivity contribution in [2.45, 2.75) is 33.6 Å². The number of carbonyl (C=O) groups excluding carboxylic acids is 1. The van der Waals surface area contributed by atoms with Gasteiger partial charge in [0.05, 0.1) is 0 Å². The summed E-state index contributed by atoms with van der Waals surface area (Å²) >= 11 is 1.82. The van der Waals surface area contributed by atoms with E-state index < -0.39 is 0 Å². The molecule has 0 spiro atoms. The van der Waals surface area contributed by atoms with E-state index in [1.807, 2.05) is 25.6 Å². The molecule has 0 heterocycles. The van der Waals surface area contributed by atoms with Crippen molar-refractivity contribution in [1.29, 1.82) is 0 Å². The second-order valence-electron chi connectivity index (χ2n) is 3.44. The number of ketones is 1. The largest absolute Gasteiger partial charge is 0.299 e. The molecule has 1 unspecified atom stereocenters. The molecule has 1 atom stereocenters. The molecule has 2 heteroatoms. The molecule has 12 heavy (non-hydrogen) atoms. The van der Waals surface area contributed by atoms with E-state index in [1.165, 1.54) is 0 Å². The molecule has 0 fully saturated rings. The van der Waals surface area contributed by atoms with Crippen molar-refractivity contribution >= 4 is 17.5 Å². The molecule has 0 aliphatic heterocycles. The van der Waals surface area contributed by atoms with Crippen LogP contribution in [0, 0.1) is 11.8 Å². The van der Waals surface area contributed by atoms with Crippen LogP contribution in [0.25, 0.3) is 0 Å². The molecule has 0 saturated heterocycles. The quantitative estimate of drug-likeness (QED) is 0.637. The lowest BCUT2D eigenvalue weighted by Crippen LogP contribution is -2.19. The molecular weight excluding hydrogens is 168 g/mol. The molecule has 0 aliphatic rings. The highest BCUT2D eigenvalue weighted by molar-refractivity contribution is 7.98. The molecule has 0 saturated carbocycles. The van der Waals surface area contributed by atoms with Crippen LogP contribution < -0.4 is 0 Å². The Kier molecular flexibility index (Phi) is 6.54. The Morgan fingerprint density at radius 3 is 2.33 bits per heavy atom. The number of carbonyl (C=O) groups is 1.